The van der Waals surface area contributed by atoms with Crippen molar-refractivity contribution in [1.29, 1.82) is 5.26 Å². The van der Waals surface area contributed by atoms with Gasteiger partial charge >= 0.3 is 0 Å². The Labute approximate surface area is 113 Å². The van der Waals surface area contributed by atoms with Crippen LogP contribution in [0.4, 0.5) is 5.69 Å². The van der Waals surface area contributed by atoms with Crippen molar-refractivity contribution in [2.45, 2.75) is 31.0 Å². The van der Waals surface area contributed by atoms with E-state index in [1.807, 2.05) is 0 Å². The zero-order valence-electron chi connectivity index (χ0n) is 11.2. The minimum Gasteiger partial charge on any atom is -0.300 e. The first-order valence-corrected chi connectivity index (χ1v) is 7.08. The number of nitriles is 1. The van der Waals surface area contributed by atoms with Gasteiger partial charge in [-0.2, -0.15) is 10.3 Å². The number of para-hydroxylation sites is 1. The Hall–Kier alpha value is -1.57. The van der Waals surface area contributed by atoms with Gasteiger partial charge in [0, 0.05) is 31.7 Å². The maximum absolute atomic E-state index is 9.93. The monoisotopic (exact) mass is 254 g/mol. The molecule has 1 aromatic carbocycles. The third kappa shape index (κ3) is 1.29. The van der Waals surface area contributed by atoms with E-state index >= 15 is 0 Å². The molecule has 0 radical (unpaired) electrons. The van der Waals surface area contributed by atoms with E-state index in [0.717, 1.165) is 18.7 Å². The van der Waals surface area contributed by atoms with E-state index in [2.05, 4.69) is 52.3 Å². The van der Waals surface area contributed by atoms with Gasteiger partial charge in [0.25, 0.3) is 0 Å². The van der Waals surface area contributed by atoms with E-state index < -0.39 is 5.66 Å². The number of hydrazine groups is 1. The lowest BCUT2D eigenvalue weighted by Gasteiger charge is -2.47. The first-order chi connectivity index (χ1) is 9.29. The highest BCUT2D eigenvalue weighted by Gasteiger charge is 2.56. The number of rotatable bonds is 2. The fraction of sp³-hybridized carbons (Fsp3) is 0.533. The van der Waals surface area contributed by atoms with Crippen molar-refractivity contribution in [3.05, 3.63) is 29.8 Å². The molecule has 4 heteroatoms. The van der Waals surface area contributed by atoms with Gasteiger partial charge in [-0.3, -0.25) is 9.91 Å². The summed E-state index contributed by atoms with van der Waals surface area (Å²) in [5.74, 6) is 0. The summed E-state index contributed by atoms with van der Waals surface area (Å²) in [6.45, 7) is 2.04. The third-order valence-electron chi connectivity index (χ3n) is 4.68. The van der Waals surface area contributed by atoms with E-state index in [4.69, 9.17) is 0 Å². The fourth-order valence-corrected chi connectivity index (χ4v) is 3.44. The molecule has 0 aromatic heterocycles. The predicted molar refractivity (Wildman–Crippen MR) is 73.2 cm³/mol. The van der Waals surface area contributed by atoms with Crippen molar-refractivity contribution < 1.29 is 0 Å². The lowest BCUT2D eigenvalue weighted by Crippen LogP contribution is -2.61. The summed E-state index contributed by atoms with van der Waals surface area (Å²) >= 11 is 0. The van der Waals surface area contributed by atoms with E-state index in [0.29, 0.717) is 6.04 Å². The molecule has 1 saturated carbocycles. The molecule has 1 saturated heterocycles. The van der Waals surface area contributed by atoms with Crippen LogP contribution in [-0.2, 0) is 5.66 Å². The Kier molecular flexibility index (Phi) is 2.21. The summed E-state index contributed by atoms with van der Waals surface area (Å²) in [5.41, 5.74) is 1.80. The van der Waals surface area contributed by atoms with Gasteiger partial charge in [0.05, 0.1) is 5.69 Å². The number of hydrogen-bond acceptors (Lipinski definition) is 4. The van der Waals surface area contributed by atoms with E-state index in [1.54, 1.807) is 0 Å². The molecule has 2 aliphatic heterocycles. The Morgan fingerprint density at radius 1 is 1.26 bits per heavy atom. The molecule has 4 rings (SSSR count). The van der Waals surface area contributed by atoms with Gasteiger partial charge in [0.1, 0.15) is 6.07 Å². The SMILES string of the molecule is CN1N(C2CC2)c2ccccc2C1(C#N)N1CCC1. The lowest BCUT2D eigenvalue weighted by molar-refractivity contribution is -0.0374. The maximum Gasteiger partial charge on any atom is 0.208 e. The summed E-state index contributed by atoms with van der Waals surface area (Å²) < 4.78 is 0. The van der Waals surface area contributed by atoms with Crippen LogP contribution in [0.25, 0.3) is 0 Å². The molecule has 0 N–H and O–H groups in total. The Morgan fingerprint density at radius 3 is 2.58 bits per heavy atom. The van der Waals surface area contributed by atoms with Crippen LogP contribution in [0.15, 0.2) is 24.3 Å². The highest BCUT2D eigenvalue weighted by Crippen LogP contribution is 2.50. The Balaban J connectivity index is 1.89. The molecule has 2 fully saturated rings. The second-order valence-corrected chi connectivity index (χ2v) is 5.74. The minimum atomic E-state index is -0.586. The van der Waals surface area contributed by atoms with Gasteiger partial charge in [-0.25, -0.2) is 0 Å². The zero-order chi connectivity index (χ0) is 13.0. The highest BCUT2D eigenvalue weighted by molar-refractivity contribution is 5.63. The van der Waals surface area contributed by atoms with Crippen molar-refractivity contribution in [2.75, 3.05) is 25.1 Å². The van der Waals surface area contributed by atoms with Gasteiger partial charge in [-0.05, 0) is 25.3 Å². The first kappa shape index (κ1) is 11.3. The van der Waals surface area contributed by atoms with Crippen LogP contribution in [0.5, 0.6) is 0 Å². The molecule has 0 spiro atoms. The van der Waals surface area contributed by atoms with Crippen molar-refractivity contribution in [3.63, 3.8) is 0 Å². The molecular weight excluding hydrogens is 236 g/mol. The average molecular weight is 254 g/mol. The van der Waals surface area contributed by atoms with Crippen LogP contribution in [-0.4, -0.2) is 36.1 Å². The number of fused-ring (bicyclic) bond motifs is 1. The Bertz CT molecular complexity index is 556. The number of likely N-dealkylation sites (tertiary alicyclic amines) is 1. The van der Waals surface area contributed by atoms with E-state index in [-0.39, 0.29) is 0 Å². The quantitative estimate of drug-likeness (QED) is 0.807. The number of benzene rings is 1. The Morgan fingerprint density at radius 2 is 2.00 bits per heavy atom. The van der Waals surface area contributed by atoms with Crippen molar-refractivity contribution in [2.24, 2.45) is 0 Å². The molecule has 4 nitrogen and oxygen atoms in total. The second kappa shape index (κ2) is 3.72. The van der Waals surface area contributed by atoms with Crippen LogP contribution in [0, 0.1) is 11.3 Å². The maximum atomic E-state index is 9.93. The molecule has 0 bridgehead atoms. The van der Waals surface area contributed by atoms with E-state index in [9.17, 15) is 5.26 Å². The summed E-state index contributed by atoms with van der Waals surface area (Å²) in [4.78, 5) is 2.30. The molecule has 0 amide bonds. The van der Waals surface area contributed by atoms with Crippen LogP contribution in [0.2, 0.25) is 0 Å². The number of nitrogens with zero attached hydrogens (tertiary/aromatic N) is 4. The highest BCUT2D eigenvalue weighted by atomic mass is 15.7. The summed E-state index contributed by atoms with van der Waals surface area (Å²) in [7, 11) is 2.07. The minimum absolute atomic E-state index is 0.586. The molecule has 1 aliphatic carbocycles. The molecule has 1 unspecified atom stereocenters. The molecule has 1 aromatic rings. The van der Waals surface area contributed by atoms with E-state index in [1.165, 1.54) is 24.9 Å². The molecule has 1 atom stereocenters. The van der Waals surface area contributed by atoms with Crippen molar-refractivity contribution in [1.82, 2.24) is 9.91 Å². The molecule has 2 heterocycles. The summed E-state index contributed by atoms with van der Waals surface area (Å²) in [6, 6.07) is 11.6. The van der Waals surface area contributed by atoms with Crippen molar-refractivity contribution >= 4 is 5.69 Å². The molecule has 3 aliphatic rings. The van der Waals surface area contributed by atoms with Gasteiger partial charge in [-0.15, -0.1) is 0 Å². The predicted octanol–water partition coefficient (Wildman–Crippen LogP) is 1.90. The fourth-order valence-electron chi connectivity index (χ4n) is 3.44. The van der Waals surface area contributed by atoms with Gasteiger partial charge < -0.3 is 0 Å². The van der Waals surface area contributed by atoms with Crippen LogP contribution < -0.4 is 5.01 Å². The van der Waals surface area contributed by atoms with Crippen LogP contribution >= 0.6 is 0 Å². The second-order valence-electron chi connectivity index (χ2n) is 5.74. The van der Waals surface area contributed by atoms with Gasteiger partial charge in [0.15, 0.2) is 0 Å². The molecule has 19 heavy (non-hydrogen) atoms. The molecular formula is C15H18N4. The average Bonchev–Trinajstić information content (AvgIpc) is 3.16. The lowest BCUT2D eigenvalue weighted by atomic mass is 9.95. The number of hydrogen-bond donors (Lipinski definition) is 0. The number of anilines is 1. The van der Waals surface area contributed by atoms with Crippen LogP contribution in [0.1, 0.15) is 24.8 Å². The third-order valence-corrected chi connectivity index (χ3v) is 4.68. The van der Waals surface area contributed by atoms with Gasteiger partial charge in [-0.1, -0.05) is 18.2 Å². The van der Waals surface area contributed by atoms with Gasteiger partial charge in [0.2, 0.25) is 5.66 Å². The smallest absolute Gasteiger partial charge is 0.208 e. The van der Waals surface area contributed by atoms with Crippen LogP contribution in [0.3, 0.4) is 0 Å². The van der Waals surface area contributed by atoms with Crippen molar-refractivity contribution in [3.8, 4) is 6.07 Å². The zero-order valence-corrected chi connectivity index (χ0v) is 11.2. The first-order valence-electron chi connectivity index (χ1n) is 7.08. The topological polar surface area (TPSA) is 33.5 Å². The summed E-state index contributed by atoms with van der Waals surface area (Å²) in [6.07, 6.45) is 3.67. The standard InChI is InChI=1S/C15H18N4/c1-17-15(11-16,18-9-4-10-18)13-5-2-3-6-14(13)19(17)12-7-8-12/h2-3,5-6,12H,4,7-10H2,1H3. The normalized spacial score (nSPS) is 30.8. The largest absolute Gasteiger partial charge is 0.300 e. The molecule has 98 valence electrons. The summed E-state index contributed by atoms with van der Waals surface area (Å²) in [5, 5.41) is 14.4.